The van der Waals surface area contributed by atoms with Crippen LogP contribution in [0, 0.1) is 0 Å². The molecule has 96 valence electrons. The van der Waals surface area contributed by atoms with E-state index in [0.29, 0.717) is 11.6 Å². The van der Waals surface area contributed by atoms with Gasteiger partial charge in [-0.15, -0.1) is 0 Å². The van der Waals surface area contributed by atoms with Gasteiger partial charge in [0, 0.05) is 5.69 Å². The predicted molar refractivity (Wildman–Crippen MR) is 76.4 cm³/mol. The van der Waals surface area contributed by atoms with Crippen LogP contribution in [0.3, 0.4) is 0 Å². The van der Waals surface area contributed by atoms with Crippen LogP contribution in [0.1, 0.15) is 31.7 Å². The Hall–Kier alpha value is -0.680. The first-order chi connectivity index (χ1) is 7.98. The zero-order valence-electron chi connectivity index (χ0n) is 10.2. The molecule has 0 heterocycles. The summed E-state index contributed by atoms with van der Waals surface area (Å²) in [4.78, 5) is 0. The number of benzene rings is 1. The third-order valence-electron chi connectivity index (χ3n) is 2.67. The van der Waals surface area contributed by atoms with Crippen LogP contribution in [0.15, 0.2) is 24.3 Å². The first kappa shape index (κ1) is 14.4. The Morgan fingerprint density at radius 3 is 2.71 bits per heavy atom. The number of sulfonamides is 1. The van der Waals surface area contributed by atoms with Gasteiger partial charge in [0.1, 0.15) is 0 Å². The molecule has 5 heteroatoms. The van der Waals surface area contributed by atoms with Gasteiger partial charge in [-0.05, 0) is 42.7 Å². The van der Waals surface area contributed by atoms with Crippen molar-refractivity contribution in [1.82, 2.24) is 0 Å². The largest absolute Gasteiger partial charge is 0.284 e. The zero-order chi connectivity index (χ0) is 12.9. The van der Waals surface area contributed by atoms with E-state index in [1.54, 1.807) is 13.0 Å². The highest BCUT2D eigenvalue weighted by Crippen LogP contribution is 2.22. The second-order valence-corrected chi connectivity index (χ2v) is 6.50. The van der Waals surface area contributed by atoms with Crippen LogP contribution in [0.25, 0.3) is 0 Å². The van der Waals surface area contributed by atoms with Crippen LogP contribution < -0.4 is 4.72 Å². The molecule has 1 unspecified atom stereocenters. The summed E-state index contributed by atoms with van der Waals surface area (Å²) in [5.41, 5.74) is 1.77. The van der Waals surface area contributed by atoms with E-state index < -0.39 is 10.0 Å². The van der Waals surface area contributed by atoms with Gasteiger partial charge < -0.3 is 0 Å². The van der Waals surface area contributed by atoms with E-state index >= 15 is 0 Å². The quantitative estimate of drug-likeness (QED) is 0.783. The summed E-state index contributed by atoms with van der Waals surface area (Å²) in [6, 6.07) is 7.54. The molecule has 0 aliphatic rings. The number of nitrogens with one attached hydrogen (secondary N) is 1. The standard InChI is InChI=1S/C12H19NO2S2/c1-3-17(14,15)13-12-6-4-5-11(9-12)10(2)7-8-16/h4-6,9-10,13,16H,3,7-8H2,1-2H3. The summed E-state index contributed by atoms with van der Waals surface area (Å²) in [6.07, 6.45) is 0.979. The van der Waals surface area contributed by atoms with Gasteiger partial charge in [0.2, 0.25) is 10.0 Å². The first-order valence-electron chi connectivity index (χ1n) is 5.70. The van der Waals surface area contributed by atoms with Crippen molar-refractivity contribution in [2.45, 2.75) is 26.2 Å². The fourth-order valence-electron chi connectivity index (χ4n) is 1.52. The Morgan fingerprint density at radius 2 is 2.12 bits per heavy atom. The van der Waals surface area contributed by atoms with Crippen LogP contribution in [0.4, 0.5) is 5.69 Å². The summed E-state index contributed by atoms with van der Waals surface area (Å²) in [7, 11) is -3.19. The average Bonchev–Trinajstić information content (AvgIpc) is 2.29. The Morgan fingerprint density at radius 1 is 1.41 bits per heavy atom. The molecule has 0 aliphatic carbocycles. The molecule has 1 rings (SSSR count). The summed E-state index contributed by atoms with van der Waals surface area (Å²) in [6.45, 7) is 3.74. The Bertz CT molecular complexity index is 457. The number of hydrogen-bond donors (Lipinski definition) is 2. The SMILES string of the molecule is CCS(=O)(=O)Nc1cccc(C(C)CCS)c1. The van der Waals surface area contributed by atoms with Gasteiger partial charge in [0.25, 0.3) is 0 Å². The minimum Gasteiger partial charge on any atom is -0.284 e. The first-order valence-corrected chi connectivity index (χ1v) is 7.98. The van der Waals surface area contributed by atoms with Gasteiger partial charge in [-0.2, -0.15) is 12.6 Å². The summed E-state index contributed by atoms with van der Waals surface area (Å²) in [5, 5.41) is 0. The Kier molecular flexibility index (Phi) is 5.33. The lowest BCUT2D eigenvalue weighted by molar-refractivity contribution is 0.602. The molecule has 0 bridgehead atoms. The Balaban J connectivity index is 2.86. The molecule has 0 saturated heterocycles. The van der Waals surface area contributed by atoms with Gasteiger partial charge in [-0.3, -0.25) is 4.72 Å². The highest BCUT2D eigenvalue weighted by atomic mass is 32.2. The highest BCUT2D eigenvalue weighted by molar-refractivity contribution is 7.92. The molecular formula is C12H19NO2S2. The van der Waals surface area contributed by atoms with Crippen molar-refractivity contribution in [2.75, 3.05) is 16.2 Å². The van der Waals surface area contributed by atoms with E-state index in [1.807, 2.05) is 18.2 Å². The number of thiol groups is 1. The van der Waals surface area contributed by atoms with Crippen LogP contribution in [0.5, 0.6) is 0 Å². The fourth-order valence-corrected chi connectivity index (χ4v) is 2.54. The third-order valence-corrected chi connectivity index (χ3v) is 4.24. The monoisotopic (exact) mass is 273 g/mol. The molecule has 1 aromatic rings. The lowest BCUT2D eigenvalue weighted by Crippen LogP contribution is -2.14. The van der Waals surface area contributed by atoms with Crippen LogP contribution in [0.2, 0.25) is 0 Å². The molecule has 1 aromatic carbocycles. The van der Waals surface area contributed by atoms with Gasteiger partial charge in [0.05, 0.1) is 5.75 Å². The molecule has 0 saturated carbocycles. The molecule has 1 N–H and O–H groups in total. The van der Waals surface area contributed by atoms with Crippen molar-refractivity contribution < 1.29 is 8.42 Å². The van der Waals surface area contributed by atoms with E-state index in [1.165, 1.54) is 0 Å². The molecule has 3 nitrogen and oxygen atoms in total. The predicted octanol–water partition coefficient (Wildman–Crippen LogP) is 2.87. The third kappa shape index (κ3) is 4.60. The molecule has 0 fully saturated rings. The summed E-state index contributed by atoms with van der Waals surface area (Å²) < 4.78 is 25.5. The van der Waals surface area contributed by atoms with Crippen molar-refractivity contribution in [3.05, 3.63) is 29.8 Å². The minimum atomic E-state index is -3.19. The average molecular weight is 273 g/mol. The van der Waals surface area contributed by atoms with Crippen LogP contribution >= 0.6 is 12.6 Å². The minimum absolute atomic E-state index is 0.0867. The molecule has 0 aliphatic heterocycles. The maximum absolute atomic E-state index is 11.5. The Labute approximate surface area is 109 Å². The maximum Gasteiger partial charge on any atom is 0.232 e. The molecule has 0 amide bonds. The van der Waals surface area contributed by atoms with E-state index in [2.05, 4.69) is 24.3 Å². The van der Waals surface area contributed by atoms with Crippen LogP contribution in [-0.4, -0.2) is 19.9 Å². The molecule has 0 spiro atoms. The van der Waals surface area contributed by atoms with Gasteiger partial charge in [0.15, 0.2) is 0 Å². The lowest BCUT2D eigenvalue weighted by atomic mass is 9.98. The van der Waals surface area contributed by atoms with Crippen LogP contribution in [-0.2, 0) is 10.0 Å². The second-order valence-electron chi connectivity index (χ2n) is 4.04. The fraction of sp³-hybridized carbons (Fsp3) is 0.500. The van der Waals surface area contributed by atoms with Gasteiger partial charge in [-0.25, -0.2) is 8.42 Å². The lowest BCUT2D eigenvalue weighted by Gasteiger charge is -2.12. The van der Waals surface area contributed by atoms with E-state index in [0.717, 1.165) is 17.7 Å². The maximum atomic E-state index is 11.5. The van der Waals surface area contributed by atoms with E-state index in [-0.39, 0.29) is 5.75 Å². The number of anilines is 1. The van der Waals surface area contributed by atoms with Crippen molar-refractivity contribution in [3.63, 3.8) is 0 Å². The topological polar surface area (TPSA) is 46.2 Å². The second kappa shape index (κ2) is 6.31. The van der Waals surface area contributed by atoms with Gasteiger partial charge >= 0.3 is 0 Å². The van der Waals surface area contributed by atoms with E-state index in [9.17, 15) is 8.42 Å². The number of hydrogen-bond acceptors (Lipinski definition) is 3. The molecule has 0 aromatic heterocycles. The zero-order valence-corrected chi connectivity index (χ0v) is 11.9. The van der Waals surface area contributed by atoms with Crippen molar-refractivity contribution in [2.24, 2.45) is 0 Å². The van der Waals surface area contributed by atoms with Gasteiger partial charge in [-0.1, -0.05) is 19.1 Å². The molecule has 0 radical (unpaired) electrons. The summed E-state index contributed by atoms with van der Waals surface area (Å²) in [5.74, 6) is 1.30. The number of rotatable bonds is 6. The van der Waals surface area contributed by atoms with Crippen molar-refractivity contribution in [3.8, 4) is 0 Å². The van der Waals surface area contributed by atoms with Crippen molar-refractivity contribution in [1.29, 1.82) is 0 Å². The normalized spacial score (nSPS) is 13.4. The molecule has 17 heavy (non-hydrogen) atoms. The smallest absolute Gasteiger partial charge is 0.232 e. The molecule has 1 atom stereocenters. The molecular weight excluding hydrogens is 254 g/mol. The van der Waals surface area contributed by atoms with Crippen molar-refractivity contribution >= 4 is 28.3 Å². The summed E-state index contributed by atoms with van der Waals surface area (Å²) >= 11 is 4.21. The highest BCUT2D eigenvalue weighted by Gasteiger charge is 2.09. The van der Waals surface area contributed by atoms with E-state index in [4.69, 9.17) is 0 Å².